The Balaban J connectivity index is 1.67. The lowest BCUT2D eigenvalue weighted by atomic mass is 10.2. The monoisotopic (exact) mass is 269 g/mol. The number of benzene rings is 1. The van der Waals surface area contributed by atoms with Crippen LogP contribution in [0.5, 0.6) is 5.75 Å². The molecule has 0 spiro atoms. The highest BCUT2D eigenvalue weighted by Gasteiger charge is 2.21. The van der Waals surface area contributed by atoms with Gasteiger partial charge in [0.2, 0.25) is 0 Å². The molecular formula is C14H20FNO3. The third kappa shape index (κ3) is 4.45. The van der Waals surface area contributed by atoms with Crippen molar-refractivity contribution in [3.63, 3.8) is 0 Å². The standard InChI is InChI=1S/C14H20FNO3/c15-12-2-4-14(5-3-12)19-8-1-6-16-7-9-18-11-13(16)10-17/h2-5,13,17H,1,6-11H2. The molecule has 0 aliphatic carbocycles. The number of morpholine rings is 1. The maximum absolute atomic E-state index is 12.7. The van der Waals surface area contributed by atoms with Crippen LogP contribution >= 0.6 is 0 Å². The molecule has 106 valence electrons. The summed E-state index contributed by atoms with van der Waals surface area (Å²) in [4.78, 5) is 2.22. The Bertz CT molecular complexity index is 371. The van der Waals surface area contributed by atoms with Gasteiger partial charge in [-0.15, -0.1) is 0 Å². The van der Waals surface area contributed by atoms with Gasteiger partial charge < -0.3 is 14.6 Å². The van der Waals surface area contributed by atoms with Crippen molar-refractivity contribution in [2.45, 2.75) is 12.5 Å². The minimum Gasteiger partial charge on any atom is -0.494 e. The molecular weight excluding hydrogens is 249 g/mol. The molecule has 1 heterocycles. The molecule has 1 aromatic carbocycles. The van der Waals surface area contributed by atoms with Crippen LogP contribution < -0.4 is 4.74 Å². The van der Waals surface area contributed by atoms with Crippen LogP contribution in [0.1, 0.15) is 6.42 Å². The predicted molar refractivity (Wildman–Crippen MR) is 69.8 cm³/mol. The van der Waals surface area contributed by atoms with Gasteiger partial charge in [-0.25, -0.2) is 4.39 Å². The Morgan fingerprint density at radius 3 is 2.89 bits per heavy atom. The largest absolute Gasteiger partial charge is 0.494 e. The van der Waals surface area contributed by atoms with Gasteiger partial charge in [0.05, 0.1) is 32.5 Å². The number of nitrogens with zero attached hydrogens (tertiary/aromatic N) is 1. The zero-order valence-corrected chi connectivity index (χ0v) is 10.9. The Hall–Kier alpha value is -1.17. The van der Waals surface area contributed by atoms with Gasteiger partial charge in [-0.2, -0.15) is 0 Å². The van der Waals surface area contributed by atoms with Crippen molar-refractivity contribution in [3.8, 4) is 5.75 Å². The van der Waals surface area contributed by atoms with Gasteiger partial charge in [-0.05, 0) is 30.7 Å². The minimum atomic E-state index is -0.258. The average Bonchev–Trinajstić information content (AvgIpc) is 2.46. The van der Waals surface area contributed by atoms with Gasteiger partial charge in [0.25, 0.3) is 0 Å². The van der Waals surface area contributed by atoms with Crippen LogP contribution in [0.3, 0.4) is 0 Å². The minimum absolute atomic E-state index is 0.0968. The summed E-state index contributed by atoms with van der Waals surface area (Å²) in [6.45, 7) is 3.74. The van der Waals surface area contributed by atoms with Crippen molar-refractivity contribution in [2.75, 3.05) is 39.5 Å². The highest BCUT2D eigenvalue weighted by Crippen LogP contribution is 2.12. The second-order valence-corrected chi connectivity index (χ2v) is 4.60. The summed E-state index contributed by atoms with van der Waals surface area (Å²) in [7, 11) is 0. The average molecular weight is 269 g/mol. The lowest BCUT2D eigenvalue weighted by Crippen LogP contribution is -2.47. The summed E-state index contributed by atoms with van der Waals surface area (Å²) in [5, 5.41) is 9.23. The van der Waals surface area contributed by atoms with Crippen LogP contribution in [-0.2, 0) is 4.74 Å². The number of aliphatic hydroxyl groups excluding tert-OH is 1. The number of rotatable bonds is 6. The lowest BCUT2D eigenvalue weighted by Gasteiger charge is -2.34. The van der Waals surface area contributed by atoms with Gasteiger partial charge in [0.15, 0.2) is 0 Å². The van der Waals surface area contributed by atoms with Gasteiger partial charge in [0, 0.05) is 13.1 Å². The molecule has 0 radical (unpaired) electrons. The summed E-state index contributed by atoms with van der Waals surface area (Å²) >= 11 is 0. The van der Waals surface area contributed by atoms with Crippen molar-refractivity contribution >= 4 is 0 Å². The molecule has 2 rings (SSSR count). The molecule has 0 saturated carbocycles. The van der Waals surface area contributed by atoms with Gasteiger partial charge in [-0.1, -0.05) is 0 Å². The third-order valence-electron chi connectivity index (χ3n) is 3.23. The predicted octanol–water partition coefficient (Wildman–Crippen LogP) is 1.29. The Morgan fingerprint density at radius 2 is 2.16 bits per heavy atom. The van der Waals surface area contributed by atoms with Gasteiger partial charge >= 0.3 is 0 Å². The van der Waals surface area contributed by atoms with Crippen LogP contribution in [0.15, 0.2) is 24.3 Å². The SMILES string of the molecule is OCC1COCCN1CCCOc1ccc(F)cc1. The molecule has 0 amide bonds. The number of hydrogen-bond donors (Lipinski definition) is 1. The molecule has 1 aromatic rings. The normalized spacial score (nSPS) is 20.4. The van der Waals surface area contributed by atoms with E-state index in [0.717, 1.165) is 26.1 Å². The first-order valence-electron chi connectivity index (χ1n) is 6.60. The molecule has 19 heavy (non-hydrogen) atoms. The second kappa shape index (κ2) is 7.43. The molecule has 1 saturated heterocycles. The number of ether oxygens (including phenoxy) is 2. The van der Waals surface area contributed by atoms with E-state index in [9.17, 15) is 9.50 Å². The molecule has 0 bridgehead atoms. The zero-order chi connectivity index (χ0) is 13.5. The van der Waals surface area contributed by atoms with E-state index in [2.05, 4.69) is 4.90 Å². The molecule has 1 fully saturated rings. The Kier molecular flexibility index (Phi) is 5.57. The molecule has 4 nitrogen and oxygen atoms in total. The smallest absolute Gasteiger partial charge is 0.123 e. The molecule has 5 heteroatoms. The summed E-state index contributed by atoms with van der Waals surface area (Å²) in [6.07, 6.45) is 0.869. The topological polar surface area (TPSA) is 41.9 Å². The van der Waals surface area contributed by atoms with E-state index in [1.165, 1.54) is 12.1 Å². The number of hydrogen-bond acceptors (Lipinski definition) is 4. The summed E-state index contributed by atoms with van der Waals surface area (Å²) in [5.41, 5.74) is 0. The van der Waals surface area contributed by atoms with Crippen LogP contribution in [0.2, 0.25) is 0 Å². The number of halogens is 1. The van der Waals surface area contributed by atoms with E-state index in [0.29, 0.717) is 19.0 Å². The Labute approximate surface area is 112 Å². The third-order valence-corrected chi connectivity index (χ3v) is 3.23. The maximum Gasteiger partial charge on any atom is 0.123 e. The van der Waals surface area contributed by atoms with E-state index in [1.54, 1.807) is 12.1 Å². The quantitative estimate of drug-likeness (QED) is 0.790. The molecule has 1 N–H and O–H groups in total. The summed E-state index contributed by atoms with van der Waals surface area (Å²) < 4.78 is 23.6. The zero-order valence-electron chi connectivity index (χ0n) is 10.9. The highest BCUT2D eigenvalue weighted by molar-refractivity contribution is 5.21. The van der Waals surface area contributed by atoms with E-state index >= 15 is 0 Å². The van der Waals surface area contributed by atoms with Crippen molar-refractivity contribution in [2.24, 2.45) is 0 Å². The van der Waals surface area contributed by atoms with E-state index < -0.39 is 0 Å². The van der Waals surface area contributed by atoms with E-state index in [-0.39, 0.29) is 18.5 Å². The van der Waals surface area contributed by atoms with Crippen LogP contribution in [0.4, 0.5) is 4.39 Å². The molecule has 0 aromatic heterocycles. The number of aliphatic hydroxyl groups is 1. The highest BCUT2D eigenvalue weighted by atomic mass is 19.1. The first-order valence-corrected chi connectivity index (χ1v) is 6.60. The fraction of sp³-hybridized carbons (Fsp3) is 0.571. The lowest BCUT2D eigenvalue weighted by molar-refractivity contribution is -0.0287. The maximum atomic E-state index is 12.7. The van der Waals surface area contributed by atoms with Crippen LogP contribution in [-0.4, -0.2) is 55.6 Å². The van der Waals surface area contributed by atoms with Crippen LogP contribution in [0, 0.1) is 5.82 Å². The van der Waals surface area contributed by atoms with Gasteiger partial charge in [0.1, 0.15) is 11.6 Å². The van der Waals surface area contributed by atoms with E-state index in [1.807, 2.05) is 0 Å². The fourth-order valence-electron chi connectivity index (χ4n) is 2.14. The van der Waals surface area contributed by atoms with E-state index in [4.69, 9.17) is 9.47 Å². The molecule has 1 unspecified atom stereocenters. The Morgan fingerprint density at radius 1 is 1.37 bits per heavy atom. The van der Waals surface area contributed by atoms with Crippen molar-refractivity contribution in [3.05, 3.63) is 30.1 Å². The fourth-order valence-corrected chi connectivity index (χ4v) is 2.14. The molecule has 1 atom stereocenters. The summed E-state index contributed by atoms with van der Waals surface area (Å²) in [6, 6.07) is 6.12. The molecule has 1 aliphatic rings. The van der Waals surface area contributed by atoms with Crippen molar-refractivity contribution < 1.29 is 19.0 Å². The first-order chi connectivity index (χ1) is 9.29. The van der Waals surface area contributed by atoms with Crippen molar-refractivity contribution in [1.29, 1.82) is 0 Å². The van der Waals surface area contributed by atoms with Crippen LogP contribution in [0.25, 0.3) is 0 Å². The second-order valence-electron chi connectivity index (χ2n) is 4.60. The molecule has 1 aliphatic heterocycles. The summed E-state index contributed by atoms with van der Waals surface area (Å²) in [5.74, 6) is 0.425. The first kappa shape index (κ1) is 14.2. The van der Waals surface area contributed by atoms with Crippen molar-refractivity contribution in [1.82, 2.24) is 4.90 Å². The van der Waals surface area contributed by atoms with Gasteiger partial charge in [-0.3, -0.25) is 4.90 Å².